The Hall–Kier alpha value is -2.74. The van der Waals surface area contributed by atoms with Crippen LogP contribution in [0.3, 0.4) is 0 Å². The monoisotopic (exact) mass is 495 g/mol. The third kappa shape index (κ3) is 5.31. The molecule has 4 aromatic rings. The van der Waals surface area contributed by atoms with Crippen molar-refractivity contribution >= 4 is 48.5 Å². The highest BCUT2D eigenvalue weighted by Crippen LogP contribution is 2.32. The second kappa shape index (κ2) is 9.60. The maximum Gasteiger partial charge on any atom is 0.260 e. The SMILES string of the molecule is CN(C)CCN(C(=O)c1cccc(Oc2ccccc2)c1)c1nc2ccc(Br)cc2s1. The van der Waals surface area contributed by atoms with Crippen LogP contribution in [0, 0.1) is 0 Å². The molecule has 1 heterocycles. The van der Waals surface area contributed by atoms with Gasteiger partial charge in [0.25, 0.3) is 5.91 Å². The van der Waals surface area contributed by atoms with Gasteiger partial charge in [-0.3, -0.25) is 9.69 Å². The number of hydrogen-bond donors (Lipinski definition) is 0. The molecule has 1 aromatic heterocycles. The summed E-state index contributed by atoms with van der Waals surface area (Å²) in [6, 6.07) is 22.8. The number of likely N-dealkylation sites (N-methyl/N-ethyl adjacent to an activating group) is 1. The van der Waals surface area contributed by atoms with E-state index < -0.39 is 0 Å². The Bertz CT molecular complexity index is 1190. The van der Waals surface area contributed by atoms with Gasteiger partial charge in [0.1, 0.15) is 11.5 Å². The summed E-state index contributed by atoms with van der Waals surface area (Å²) in [6.07, 6.45) is 0. The molecule has 0 saturated heterocycles. The molecule has 0 spiro atoms. The highest BCUT2D eigenvalue weighted by atomic mass is 79.9. The first kappa shape index (κ1) is 21.5. The number of rotatable bonds is 7. The fraction of sp³-hybridized carbons (Fsp3) is 0.167. The number of ether oxygens (including phenoxy) is 1. The molecule has 5 nitrogen and oxygen atoms in total. The van der Waals surface area contributed by atoms with Gasteiger partial charge in [0.2, 0.25) is 0 Å². The fourth-order valence-corrected chi connectivity index (χ4v) is 4.60. The number of thiazole rings is 1. The maximum atomic E-state index is 13.5. The number of aromatic nitrogens is 1. The number of halogens is 1. The fourth-order valence-electron chi connectivity index (χ4n) is 3.06. The topological polar surface area (TPSA) is 45.7 Å². The molecule has 3 aromatic carbocycles. The number of nitrogens with zero attached hydrogens (tertiary/aromatic N) is 3. The van der Waals surface area contributed by atoms with Crippen LogP contribution in [-0.4, -0.2) is 43.0 Å². The number of benzene rings is 3. The molecule has 0 saturated carbocycles. The Morgan fingerprint density at radius 2 is 1.74 bits per heavy atom. The van der Waals surface area contributed by atoms with Crippen LogP contribution in [0.15, 0.2) is 77.3 Å². The van der Waals surface area contributed by atoms with Crippen LogP contribution in [0.2, 0.25) is 0 Å². The Balaban J connectivity index is 1.64. The molecular weight excluding hydrogens is 474 g/mol. The van der Waals surface area contributed by atoms with Crippen molar-refractivity contribution in [2.24, 2.45) is 0 Å². The molecule has 0 bridgehead atoms. The van der Waals surface area contributed by atoms with E-state index in [4.69, 9.17) is 9.72 Å². The van der Waals surface area contributed by atoms with Crippen LogP contribution in [0.25, 0.3) is 10.2 Å². The van der Waals surface area contributed by atoms with Crippen molar-refractivity contribution in [1.82, 2.24) is 9.88 Å². The minimum atomic E-state index is -0.0986. The van der Waals surface area contributed by atoms with E-state index in [-0.39, 0.29) is 5.91 Å². The predicted octanol–water partition coefficient (Wildman–Crippen LogP) is 6.06. The van der Waals surface area contributed by atoms with Crippen LogP contribution < -0.4 is 9.64 Å². The van der Waals surface area contributed by atoms with Crippen molar-refractivity contribution in [3.8, 4) is 11.5 Å². The van der Waals surface area contributed by atoms with E-state index in [2.05, 4.69) is 20.8 Å². The average Bonchev–Trinajstić information content (AvgIpc) is 3.17. The Morgan fingerprint density at radius 1 is 0.968 bits per heavy atom. The summed E-state index contributed by atoms with van der Waals surface area (Å²) >= 11 is 5.02. The molecule has 31 heavy (non-hydrogen) atoms. The van der Waals surface area contributed by atoms with Gasteiger partial charge in [-0.25, -0.2) is 4.98 Å². The lowest BCUT2D eigenvalue weighted by Crippen LogP contribution is -2.36. The average molecular weight is 496 g/mol. The summed E-state index contributed by atoms with van der Waals surface area (Å²) in [7, 11) is 3.99. The molecular formula is C24H22BrN3O2S. The first-order valence-electron chi connectivity index (χ1n) is 9.85. The second-order valence-electron chi connectivity index (χ2n) is 7.31. The third-order valence-electron chi connectivity index (χ3n) is 4.65. The van der Waals surface area contributed by atoms with Gasteiger partial charge < -0.3 is 9.64 Å². The zero-order valence-corrected chi connectivity index (χ0v) is 19.7. The van der Waals surface area contributed by atoms with Crippen molar-refractivity contribution in [2.45, 2.75) is 0 Å². The molecule has 0 radical (unpaired) electrons. The van der Waals surface area contributed by atoms with E-state index in [0.29, 0.717) is 23.0 Å². The first-order chi connectivity index (χ1) is 15.0. The van der Waals surface area contributed by atoms with E-state index in [9.17, 15) is 4.79 Å². The zero-order valence-electron chi connectivity index (χ0n) is 17.3. The van der Waals surface area contributed by atoms with Gasteiger partial charge >= 0.3 is 0 Å². The quantitative estimate of drug-likeness (QED) is 0.312. The molecule has 0 aliphatic carbocycles. The highest BCUT2D eigenvalue weighted by molar-refractivity contribution is 9.10. The number of carbonyl (C=O) groups is 1. The summed E-state index contributed by atoms with van der Waals surface area (Å²) in [5, 5.41) is 0.689. The number of para-hydroxylation sites is 1. The van der Waals surface area contributed by atoms with E-state index in [1.165, 1.54) is 11.3 Å². The Kier molecular flexibility index (Phi) is 6.65. The van der Waals surface area contributed by atoms with Crippen molar-refractivity contribution < 1.29 is 9.53 Å². The lowest BCUT2D eigenvalue weighted by Gasteiger charge is -2.22. The van der Waals surface area contributed by atoms with E-state index >= 15 is 0 Å². The summed E-state index contributed by atoms with van der Waals surface area (Å²) < 4.78 is 7.94. The van der Waals surface area contributed by atoms with Crippen LogP contribution in [0.1, 0.15) is 10.4 Å². The van der Waals surface area contributed by atoms with Gasteiger partial charge in [0.05, 0.1) is 10.2 Å². The predicted molar refractivity (Wildman–Crippen MR) is 131 cm³/mol. The third-order valence-corrected chi connectivity index (χ3v) is 6.18. The lowest BCUT2D eigenvalue weighted by molar-refractivity contribution is 0.0985. The number of fused-ring (bicyclic) bond motifs is 1. The Morgan fingerprint density at radius 3 is 2.52 bits per heavy atom. The number of hydrogen-bond acceptors (Lipinski definition) is 5. The van der Waals surface area contributed by atoms with Gasteiger partial charge in [-0.05, 0) is 62.6 Å². The summed E-state index contributed by atoms with van der Waals surface area (Å²) in [5.41, 5.74) is 1.44. The van der Waals surface area contributed by atoms with Gasteiger partial charge in [-0.1, -0.05) is 51.5 Å². The maximum absolute atomic E-state index is 13.5. The number of amides is 1. The summed E-state index contributed by atoms with van der Waals surface area (Å²) in [4.78, 5) is 22.0. The van der Waals surface area contributed by atoms with Crippen LogP contribution >= 0.6 is 27.3 Å². The molecule has 7 heteroatoms. The first-order valence-corrected chi connectivity index (χ1v) is 11.5. The van der Waals surface area contributed by atoms with Crippen molar-refractivity contribution in [3.63, 3.8) is 0 Å². The molecule has 0 fully saturated rings. The second-order valence-corrected chi connectivity index (χ2v) is 9.24. The molecule has 0 aliphatic rings. The van der Waals surface area contributed by atoms with E-state index in [0.717, 1.165) is 27.0 Å². The lowest BCUT2D eigenvalue weighted by atomic mass is 10.2. The largest absolute Gasteiger partial charge is 0.457 e. The van der Waals surface area contributed by atoms with Crippen molar-refractivity contribution in [2.75, 3.05) is 32.1 Å². The number of carbonyl (C=O) groups excluding carboxylic acids is 1. The minimum absolute atomic E-state index is 0.0986. The molecule has 1 amide bonds. The molecule has 0 aliphatic heterocycles. The van der Waals surface area contributed by atoms with Crippen LogP contribution in [0.5, 0.6) is 11.5 Å². The van der Waals surface area contributed by atoms with Crippen molar-refractivity contribution in [3.05, 3.63) is 82.8 Å². The van der Waals surface area contributed by atoms with Crippen molar-refractivity contribution in [1.29, 1.82) is 0 Å². The standard InChI is InChI=1S/C24H22BrN3O2S/c1-27(2)13-14-28(24-26-21-12-11-18(25)16-22(21)31-24)23(29)17-7-6-10-20(15-17)30-19-8-4-3-5-9-19/h3-12,15-16H,13-14H2,1-2H3. The molecule has 158 valence electrons. The Labute approximate surface area is 194 Å². The van der Waals surface area contributed by atoms with E-state index in [1.54, 1.807) is 11.0 Å². The minimum Gasteiger partial charge on any atom is -0.457 e. The normalized spacial score (nSPS) is 11.1. The number of anilines is 1. The molecule has 0 N–H and O–H groups in total. The van der Waals surface area contributed by atoms with Gasteiger partial charge in [0.15, 0.2) is 5.13 Å². The molecule has 0 unspecified atom stereocenters. The van der Waals surface area contributed by atoms with E-state index in [1.807, 2.05) is 80.8 Å². The smallest absolute Gasteiger partial charge is 0.260 e. The van der Waals surface area contributed by atoms with Gasteiger partial charge in [0, 0.05) is 23.1 Å². The zero-order chi connectivity index (χ0) is 21.8. The van der Waals surface area contributed by atoms with Gasteiger partial charge in [-0.15, -0.1) is 0 Å². The molecule has 0 atom stereocenters. The van der Waals surface area contributed by atoms with Crippen LogP contribution in [0.4, 0.5) is 5.13 Å². The van der Waals surface area contributed by atoms with Crippen LogP contribution in [-0.2, 0) is 0 Å². The summed E-state index contributed by atoms with van der Waals surface area (Å²) in [6.45, 7) is 1.27. The highest BCUT2D eigenvalue weighted by Gasteiger charge is 2.22. The molecule has 4 rings (SSSR count). The summed E-state index contributed by atoms with van der Waals surface area (Å²) in [5.74, 6) is 1.25. The van der Waals surface area contributed by atoms with Gasteiger partial charge in [-0.2, -0.15) is 0 Å².